The summed E-state index contributed by atoms with van der Waals surface area (Å²) in [6.07, 6.45) is 8.36. The number of hydrogen-bond acceptors (Lipinski definition) is 1. The van der Waals surface area contributed by atoms with Crippen molar-refractivity contribution in [3.05, 3.63) is 52.5 Å². The predicted molar refractivity (Wildman–Crippen MR) is 68.6 cm³/mol. The molecule has 80 valence electrons. The lowest BCUT2D eigenvalue weighted by Gasteiger charge is -2.10. The predicted octanol–water partition coefficient (Wildman–Crippen LogP) is 3.59. The Morgan fingerprint density at radius 1 is 1.31 bits per heavy atom. The molecule has 16 heavy (non-hydrogen) atoms. The van der Waals surface area contributed by atoms with Crippen molar-refractivity contribution in [2.24, 2.45) is 0 Å². The highest BCUT2D eigenvalue weighted by Gasteiger charge is 2.12. The maximum atomic E-state index is 4.42. The van der Waals surface area contributed by atoms with Gasteiger partial charge in [0.15, 0.2) is 0 Å². The number of imidazole rings is 1. The van der Waals surface area contributed by atoms with Crippen LogP contribution in [0.2, 0.25) is 0 Å². The molecule has 0 radical (unpaired) electrons. The summed E-state index contributed by atoms with van der Waals surface area (Å²) < 4.78 is 3.27. The summed E-state index contributed by atoms with van der Waals surface area (Å²) in [5.74, 6) is 0. The first-order valence-corrected chi connectivity index (χ1v) is 6.12. The van der Waals surface area contributed by atoms with E-state index in [0.29, 0.717) is 0 Å². The summed E-state index contributed by atoms with van der Waals surface area (Å²) >= 11 is 3.50. The van der Waals surface area contributed by atoms with E-state index in [2.05, 4.69) is 49.8 Å². The maximum Gasteiger partial charge on any atom is 0.100 e. The van der Waals surface area contributed by atoms with E-state index in [9.17, 15) is 0 Å². The van der Waals surface area contributed by atoms with Crippen molar-refractivity contribution in [2.45, 2.75) is 12.8 Å². The van der Waals surface area contributed by atoms with Gasteiger partial charge >= 0.3 is 0 Å². The first-order valence-electron chi connectivity index (χ1n) is 5.33. The minimum absolute atomic E-state index is 1.07. The molecule has 0 spiro atoms. The Kier molecular flexibility index (Phi) is 2.40. The molecule has 1 aromatic heterocycles. The van der Waals surface area contributed by atoms with Crippen molar-refractivity contribution >= 4 is 22.0 Å². The summed E-state index contributed by atoms with van der Waals surface area (Å²) in [4.78, 5) is 4.42. The fourth-order valence-corrected chi connectivity index (χ4v) is 2.43. The van der Waals surface area contributed by atoms with E-state index >= 15 is 0 Å². The van der Waals surface area contributed by atoms with Gasteiger partial charge in [0.1, 0.15) is 6.33 Å². The van der Waals surface area contributed by atoms with Crippen LogP contribution in [0.5, 0.6) is 0 Å². The van der Waals surface area contributed by atoms with Gasteiger partial charge in [-0.25, -0.2) is 4.98 Å². The second-order valence-electron chi connectivity index (χ2n) is 3.87. The molecule has 0 bridgehead atoms. The molecule has 1 aliphatic rings. The Morgan fingerprint density at radius 2 is 2.25 bits per heavy atom. The Hall–Kier alpha value is -1.35. The summed E-state index contributed by atoms with van der Waals surface area (Å²) in [5, 5.41) is 0. The number of nitrogens with zero attached hydrogens (tertiary/aromatic N) is 2. The number of fused-ring (bicyclic) bond motifs is 1. The lowest BCUT2D eigenvalue weighted by atomic mass is 10.1. The molecule has 3 heteroatoms. The largest absolute Gasteiger partial charge is 0.303 e. The van der Waals surface area contributed by atoms with E-state index < -0.39 is 0 Å². The Balaban J connectivity index is 2.14. The molecule has 0 fully saturated rings. The monoisotopic (exact) mass is 274 g/mol. The van der Waals surface area contributed by atoms with Crippen LogP contribution in [0.4, 0.5) is 0 Å². The highest BCUT2D eigenvalue weighted by molar-refractivity contribution is 9.10. The third-order valence-electron chi connectivity index (χ3n) is 2.81. The molecule has 2 aromatic rings. The second kappa shape index (κ2) is 3.91. The van der Waals surface area contributed by atoms with Crippen molar-refractivity contribution in [2.75, 3.05) is 0 Å². The molecule has 0 aliphatic heterocycles. The molecule has 0 saturated heterocycles. The zero-order valence-corrected chi connectivity index (χ0v) is 10.3. The average molecular weight is 275 g/mol. The average Bonchev–Trinajstić information content (AvgIpc) is 2.72. The van der Waals surface area contributed by atoms with Gasteiger partial charge in [0, 0.05) is 10.2 Å². The van der Waals surface area contributed by atoms with E-state index in [1.165, 1.54) is 11.4 Å². The Labute approximate surface area is 103 Å². The molecular formula is C13H11BrN2. The van der Waals surface area contributed by atoms with Crippen LogP contribution in [0.25, 0.3) is 11.8 Å². The summed E-state index contributed by atoms with van der Waals surface area (Å²) in [6, 6.07) is 8.29. The summed E-state index contributed by atoms with van der Waals surface area (Å²) in [7, 11) is 0. The number of halogens is 1. The normalized spacial score (nSPS) is 13.8. The quantitative estimate of drug-likeness (QED) is 0.777. The van der Waals surface area contributed by atoms with E-state index in [-0.39, 0.29) is 0 Å². The van der Waals surface area contributed by atoms with Gasteiger partial charge in [0.2, 0.25) is 0 Å². The van der Waals surface area contributed by atoms with Crippen LogP contribution < -0.4 is 0 Å². The fraction of sp³-hybridized carbons (Fsp3) is 0.154. The number of hydrogen-bond donors (Lipinski definition) is 0. The van der Waals surface area contributed by atoms with Crippen LogP contribution in [0.15, 0.2) is 41.1 Å². The van der Waals surface area contributed by atoms with Crippen LogP contribution in [-0.2, 0) is 6.42 Å². The van der Waals surface area contributed by atoms with Crippen molar-refractivity contribution in [3.63, 3.8) is 0 Å². The van der Waals surface area contributed by atoms with Crippen molar-refractivity contribution in [3.8, 4) is 5.69 Å². The van der Waals surface area contributed by atoms with Gasteiger partial charge in [0.05, 0.1) is 11.4 Å². The maximum absolute atomic E-state index is 4.42. The molecule has 1 aromatic carbocycles. The number of aromatic nitrogens is 2. The van der Waals surface area contributed by atoms with Gasteiger partial charge in [-0.1, -0.05) is 28.1 Å². The Bertz CT molecular complexity index is 555. The number of allylic oxidation sites excluding steroid dienone is 1. The fourth-order valence-electron chi connectivity index (χ4n) is 2.04. The summed E-state index contributed by atoms with van der Waals surface area (Å²) in [5.41, 5.74) is 3.57. The molecule has 1 aliphatic carbocycles. The van der Waals surface area contributed by atoms with E-state index in [4.69, 9.17) is 0 Å². The van der Waals surface area contributed by atoms with Gasteiger partial charge in [-0.05, 0) is 37.1 Å². The molecule has 0 N–H and O–H groups in total. The SMILES string of the molecule is Brc1cccc(-n2cnc3c2CCC=C3)c1. The first kappa shape index (κ1) is 9.85. The second-order valence-corrected chi connectivity index (χ2v) is 4.78. The standard InChI is InChI=1S/C13H11BrN2/c14-10-4-3-5-11(8-10)16-9-15-12-6-1-2-7-13(12)16/h1,3-6,8-9H,2,7H2. The van der Waals surface area contributed by atoms with Gasteiger partial charge in [-0.3, -0.25) is 0 Å². The van der Waals surface area contributed by atoms with Gasteiger partial charge in [-0.2, -0.15) is 0 Å². The lowest BCUT2D eigenvalue weighted by Crippen LogP contribution is -2.02. The van der Waals surface area contributed by atoms with Crippen molar-refractivity contribution < 1.29 is 0 Å². The molecule has 1 heterocycles. The first-order chi connectivity index (χ1) is 7.84. The van der Waals surface area contributed by atoms with E-state index in [1.807, 2.05) is 18.5 Å². The van der Waals surface area contributed by atoms with Crippen molar-refractivity contribution in [1.82, 2.24) is 9.55 Å². The highest BCUT2D eigenvalue weighted by Crippen LogP contribution is 2.23. The zero-order valence-electron chi connectivity index (χ0n) is 8.73. The minimum Gasteiger partial charge on any atom is -0.303 e. The zero-order chi connectivity index (χ0) is 11.0. The third kappa shape index (κ3) is 1.61. The van der Waals surface area contributed by atoms with Gasteiger partial charge < -0.3 is 4.57 Å². The molecular weight excluding hydrogens is 264 g/mol. The van der Waals surface area contributed by atoms with Crippen molar-refractivity contribution in [1.29, 1.82) is 0 Å². The smallest absolute Gasteiger partial charge is 0.100 e. The summed E-state index contributed by atoms with van der Waals surface area (Å²) in [6.45, 7) is 0. The third-order valence-corrected chi connectivity index (χ3v) is 3.30. The highest BCUT2D eigenvalue weighted by atomic mass is 79.9. The molecule has 0 saturated carbocycles. The number of benzene rings is 1. The minimum atomic E-state index is 1.07. The van der Waals surface area contributed by atoms with E-state index in [0.717, 1.165) is 23.0 Å². The van der Waals surface area contributed by atoms with Crippen LogP contribution in [0.1, 0.15) is 17.8 Å². The van der Waals surface area contributed by atoms with Gasteiger partial charge in [0.25, 0.3) is 0 Å². The molecule has 2 nitrogen and oxygen atoms in total. The van der Waals surface area contributed by atoms with E-state index in [1.54, 1.807) is 0 Å². The molecule has 3 rings (SSSR count). The Morgan fingerprint density at radius 3 is 3.12 bits per heavy atom. The molecule has 0 atom stereocenters. The van der Waals surface area contributed by atoms with Crippen LogP contribution in [0.3, 0.4) is 0 Å². The van der Waals surface area contributed by atoms with Crippen LogP contribution >= 0.6 is 15.9 Å². The lowest BCUT2D eigenvalue weighted by molar-refractivity contribution is 0.874. The number of rotatable bonds is 1. The van der Waals surface area contributed by atoms with Crippen LogP contribution in [-0.4, -0.2) is 9.55 Å². The van der Waals surface area contributed by atoms with Crippen LogP contribution in [0, 0.1) is 0 Å². The molecule has 0 unspecified atom stereocenters. The molecule has 0 amide bonds. The van der Waals surface area contributed by atoms with Gasteiger partial charge in [-0.15, -0.1) is 0 Å². The topological polar surface area (TPSA) is 17.8 Å².